The van der Waals surface area contributed by atoms with Gasteiger partial charge in [0.25, 0.3) is 0 Å². The van der Waals surface area contributed by atoms with Crippen molar-refractivity contribution in [3.8, 4) is 0 Å². The van der Waals surface area contributed by atoms with Gasteiger partial charge in [-0.3, -0.25) is 0 Å². The molecule has 0 saturated heterocycles. The van der Waals surface area contributed by atoms with E-state index in [0.717, 1.165) is 12.3 Å². The minimum absolute atomic E-state index is 0.792. The van der Waals surface area contributed by atoms with E-state index in [1.165, 1.54) is 0 Å². The molecule has 0 N–H and O–H groups in total. The van der Waals surface area contributed by atoms with E-state index in [1.807, 2.05) is 6.92 Å². The Balaban J connectivity index is 0. The highest BCUT2D eigenvalue weighted by Crippen LogP contribution is 2.35. The fourth-order valence-electron chi connectivity index (χ4n) is 0. The maximum atomic E-state index is 5.19. The monoisotopic (exact) mass is 278 g/mol. The third-order valence-corrected chi connectivity index (χ3v) is 2.79. The first-order valence-electron chi connectivity index (χ1n) is 2.77. The lowest BCUT2D eigenvalue weighted by molar-refractivity contribution is 1.10. The molecule has 0 atom stereocenters. The molecule has 0 spiro atoms. The largest absolute Gasteiger partial charge is 0.220 e. The maximum absolute atomic E-state index is 5.19. The van der Waals surface area contributed by atoms with Crippen LogP contribution in [0.3, 0.4) is 0 Å². The molecule has 6 heteroatoms. The van der Waals surface area contributed by atoms with Crippen molar-refractivity contribution in [1.82, 2.24) is 0 Å². The summed E-state index contributed by atoms with van der Waals surface area (Å²) < 4.78 is -1.55. The van der Waals surface area contributed by atoms with Gasteiger partial charge in [-0.2, -0.15) is 0 Å². The van der Waals surface area contributed by atoms with Gasteiger partial charge in [-0.25, -0.2) is 0 Å². The second-order valence-corrected chi connectivity index (χ2v) is 5.37. The average Bonchev–Trinajstić information content (AvgIpc) is 1.87. The summed E-state index contributed by atoms with van der Waals surface area (Å²) in [6.07, 6.45) is 1.08. The Hall–Kier alpha value is 1.74. The molecule has 0 nitrogen and oxygen atoms in total. The van der Waals surface area contributed by atoms with Crippen molar-refractivity contribution in [3.05, 3.63) is 0 Å². The summed E-state index contributed by atoms with van der Waals surface area (Å²) in [5.74, 6) is 0.792. The van der Waals surface area contributed by atoms with Gasteiger partial charge in [0.1, 0.15) is 0 Å². The van der Waals surface area contributed by atoms with E-state index in [1.54, 1.807) is 0 Å². The standard InChI is InChI=1S/C3H7Cl.C2HCl5/c1-2-3-4;3-1(4)2(5,6)7/h2-3H2,1H3;1H. The summed E-state index contributed by atoms with van der Waals surface area (Å²) in [5, 5.41) is 0. The zero-order valence-electron chi connectivity index (χ0n) is 5.76. The van der Waals surface area contributed by atoms with Crippen LogP contribution in [0.1, 0.15) is 13.3 Å². The Morgan fingerprint density at radius 3 is 1.36 bits per heavy atom. The van der Waals surface area contributed by atoms with Crippen molar-refractivity contribution in [2.24, 2.45) is 0 Å². The highest BCUT2D eigenvalue weighted by Gasteiger charge is 2.28. The Morgan fingerprint density at radius 2 is 1.36 bits per heavy atom. The fraction of sp³-hybridized carbons (Fsp3) is 1.00. The van der Waals surface area contributed by atoms with Crippen LogP contribution >= 0.6 is 69.6 Å². The Morgan fingerprint density at radius 1 is 1.18 bits per heavy atom. The molecule has 0 aliphatic carbocycles. The van der Waals surface area contributed by atoms with Crippen LogP contribution in [0.15, 0.2) is 0 Å². The van der Waals surface area contributed by atoms with Gasteiger partial charge in [0.05, 0.1) is 0 Å². The summed E-state index contributed by atoms with van der Waals surface area (Å²) in [6, 6.07) is 0. The lowest BCUT2D eigenvalue weighted by Crippen LogP contribution is -2.11. The van der Waals surface area contributed by atoms with Crippen LogP contribution in [0, 0.1) is 0 Å². The second-order valence-electron chi connectivity index (χ2n) is 1.53. The SMILES string of the molecule is CCCCl.ClC(Cl)C(Cl)(Cl)Cl. The Labute approximate surface area is 97.0 Å². The van der Waals surface area contributed by atoms with E-state index in [4.69, 9.17) is 69.6 Å². The molecule has 0 amide bonds. The molecule has 0 bridgehead atoms. The van der Waals surface area contributed by atoms with Gasteiger partial charge in [-0.1, -0.05) is 41.7 Å². The molecule has 0 fully saturated rings. The average molecular weight is 281 g/mol. The summed E-state index contributed by atoms with van der Waals surface area (Å²) in [4.78, 5) is -0.961. The molecule has 0 rings (SSSR count). The molecule has 0 heterocycles. The molecule has 70 valence electrons. The van der Waals surface area contributed by atoms with Crippen molar-refractivity contribution in [2.75, 3.05) is 5.88 Å². The molecule has 0 saturated carbocycles. The number of rotatable bonds is 1. The molecule has 0 aliphatic rings. The number of halogens is 6. The molecule has 0 aliphatic heterocycles. The third-order valence-electron chi connectivity index (χ3n) is 0.436. The van der Waals surface area contributed by atoms with E-state index < -0.39 is 8.63 Å². The van der Waals surface area contributed by atoms with Crippen LogP contribution in [0.4, 0.5) is 0 Å². The summed E-state index contributed by atoms with van der Waals surface area (Å²) >= 11 is 30.8. The molecule has 0 aromatic rings. The summed E-state index contributed by atoms with van der Waals surface area (Å²) in [6.45, 7) is 2.05. The predicted molar refractivity (Wildman–Crippen MR) is 56.8 cm³/mol. The second kappa shape index (κ2) is 8.34. The zero-order valence-corrected chi connectivity index (χ0v) is 10.3. The van der Waals surface area contributed by atoms with Gasteiger partial charge in [-0.15, -0.1) is 34.8 Å². The van der Waals surface area contributed by atoms with Crippen LogP contribution in [0.5, 0.6) is 0 Å². The number of hydrogen-bond acceptors (Lipinski definition) is 0. The molecule has 0 unspecified atom stereocenters. The van der Waals surface area contributed by atoms with E-state index in [9.17, 15) is 0 Å². The molecule has 0 aromatic heterocycles. The minimum atomic E-state index is -1.55. The van der Waals surface area contributed by atoms with Gasteiger partial charge in [-0.05, 0) is 6.42 Å². The molecule has 11 heavy (non-hydrogen) atoms. The predicted octanol–water partition coefficient (Wildman–Crippen LogP) is 4.80. The summed E-state index contributed by atoms with van der Waals surface area (Å²) in [5.41, 5.74) is 0. The lowest BCUT2D eigenvalue weighted by Gasteiger charge is -2.09. The van der Waals surface area contributed by atoms with E-state index in [2.05, 4.69) is 0 Å². The van der Waals surface area contributed by atoms with Gasteiger partial charge >= 0.3 is 0 Å². The van der Waals surface area contributed by atoms with Crippen LogP contribution < -0.4 is 0 Å². The van der Waals surface area contributed by atoms with Crippen molar-refractivity contribution in [1.29, 1.82) is 0 Å². The Bertz CT molecular complexity index is 73.5. The highest BCUT2D eigenvalue weighted by molar-refractivity contribution is 6.73. The zero-order chi connectivity index (χ0) is 9.49. The van der Waals surface area contributed by atoms with Crippen LogP contribution in [-0.2, 0) is 0 Å². The van der Waals surface area contributed by atoms with E-state index in [-0.39, 0.29) is 0 Å². The normalized spacial score (nSPS) is 10.9. The minimum Gasteiger partial charge on any atom is -0.127 e. The van der Waals surface area contributed by atoms with Crippen molar-refractivity contribution < 1.29 is 0 Å². The molecular weight excluding hydrogens is 273 g/mol. The molecule has 0 radical (unpaired) electrons. The van der Waals surface area contributed by atoms with Gasteiger partial charge in [0, 0.05) is 5.88 Å². The van der Waals surface area contributed by atoms with Crippen molar-refractivity contribution in [3.63, 3.8) is 0 Å². The van der Waals surface area contributed by atoms with E-state index >= 15 is 0 Å². The highest BCUT2D eigenvalue weighted by atomic mass is 35.6. The molecular formula is C5H8Cl6. The fourth-order valence-corrected chi connectivity index (χ4v) is 0. The topological polar surface area (TPSA) is 0 Å². The lowest BCUT2D eigenvalue weighted by atomic mass is 10.6. The summed E-state index contributed by atoms with van der Waals surface area (Å²) in [7, 11) is 0. The number of hydrogen-bond donors (Lipinski definition) is 0. The molecule has 0 aromatic carbocycles. The number of alkyl halides is 6. The third kappa shape index (κ3) is 14.6. The van der Waals surface area contributed by atoms with Gasteiger partial charge in [0.2, 0.25) is 3.79 Å². The van der Waals surface area contributed by atoms with Crippen LogP contribution in [-0.4, -0.2) is 14.5 Å². The van der Waals surface area contributed by atoms with Crippen LogP contribution in [0.25, 0.3) is 0 Å². The van der Waals surface area contributed by atoms with E-state index in [0.29, 0.717) is 0 Å². The first kappa shape index (κ1) is 15.2. The first-order valence-corrected chi connectivity index (χ1v) is 5.31. The maximum Gasteiger partial charge on any atom is 0.220 e. The Kier molecular flexibility index (Phi) is 11.5. The smallest absolute Gasteiger partial charge is 0.127 e. The van der Waals surface area contributed by atoms with Crippen molar-refractivity contribution >= 4 is 69.6 Å². The van der Waals surface area contributed by atoms with Gasteiger partial charge < -0.3 is 0 Å². The van der Waals surface area contributed by atoms with Crippen LogP contribution in [0.2, 0.25) is 0 Å². The van der Waals surface area contributed by atoms with Gasteiger partial charge in [0.15, 0.2) is 4.84 Å². The van der Waals surface area contributed by atoms with Crippen molar-refractivity contribution in [2.45, 2.75) is 22.0 Å². The quantitative estimate of drug-likeness (QED) is 0.606. The first-order chi connectivity index (χ1) is 4.86.